The van der Waals surface area contributed by atoms with E-state index in [2.05, 4.69) is 29.8 Å². The van der Waals surface area contributed by atoms with Crippen molar-refractivity contribution in [2.24, 2.45) is 0 Å². The van der Waals surface area contributed by atoms with Gasteiger partial charge in [0.05, 0.1) is 13.2 Å². The summed E-state index contributed by atoms with van der Waals surface area (Å²) in [6.45, 7) is 7.75. The molecule has 0 N–H and O–H groups in total. The lowest BCUT2D eigenvalue weighted by molar-refractivity contribution is 0.122. The van der Waals surface area contributed by atoms with Crippen molar-refractivity contribution in [3.8, 4) is 0 Å². The maximum Gasteiger partial charge on any atom is 0.128 e. The molecule has 14 heavy (non-hydrogen) atoms. The van der Waals surface area contributed by atoms with Gasteiger partial charge in [-0.3, -0.25) is 0 Å². The van der Waals surface area contributed by atoms with E-state index < -0.39 is 0 Å². The van der Waals surface area contributed by atoms with Crippen LogP contribution >= 0.6 is 0 Å². The van der Waals surface area contributed by atoms with Crippen molar-refractivity contribution in [1.29, 1.82) is 0 Å². The first-order valence-electron chi connectivity index (χ1n) is 5.03. The fourth-order valence-corrected chi connectivity index (χ4v) is 1.57. The number of ether oxygens (including phenoxy) is 1. The van der Waals surface area contributed by atoms with E-state index in [1.165, 1.54) is 11.1 Å². The molecule has 2 rings (SSSR count). The van der Waals surface area contributed by atoms with Crippen LogP contribution in [-0.2, 0) is 4.74 Å². The van der Waals surface area contributed by atoms with Gasteiger partial charge in [0.1, 0.15) is 5.82 Å². The van der Waals surface area contributed by atoms with E-state index in [1.807, 2.05) is 6.20 Å². The van der Waals surface area contributed by atoms with Crippen LogP contribution in [0.15, 0.2) is 12.3 Å². The highest BCUT2D eigenvalue weighted by atomic mass is 16.5. The molecule has 0 radical (unpaired) electrons. The SMILES string of the molecule is Cc1cnc(N2CCOCC2)cc1C. The molecule has 0 aliphatic carbocycles. The van der Waals surface area contributed by atoms with Crippen LogP contribution in [0.5, 0.6) is 0 Å². The predicted molar refractivity (Wildman–Crippen MR) is 56.7 cm³/mol. The molecule has 0 unspecified atom stereocenters. The van der Waals surface area contributed by atoms with Gasteiger partial charge in [0, 0.05) is 19.3 Å². The third-order valence-electron chi connectivity index (χ3n) is 2.69. The van der Waals surface area contributed by atoms with Crippen LogP contribution in [0, 0.1) is 13.8 Å². The van der Waals surface area contributed by atoms with Crippen molar-refractivity contribution in [2.75, 3.05) is 31.2 Å². The number of aryl methyl sites for hydroxylation is 2. The number of anilines is 1. The third kappa shape index (κ3) is 1.87. The van der Waals surface area contributed by atoms with Crippen LogP contribution in [0.3, 0.4) is 0 Å². The second-order valence-corrected chi connectivity index (χ2v) is 3.73. The van der Waals surface area contributed by atoms with Gasteiger partial charge in [-0.2, -0.15) is 0 Å². The number of hydrogen-bond donors (Lipinski definition) is 0. The van der Waals surface area contributed by atoms with Gasteiger partial charge in [-0.1, -0.05) is 0 Å². The fourth-order valence-electron chi connectivity index (χ4n) is 1.57. The summed E-state index contributed by atoms with van der Waals surface area (Å²) in [7, 11) is 0. The van der Waals surface area contributed by atoms with E-state index >= 15 is 0 Å². The highest BCUT2D eigenvalue weighted by molar-refractivity contribution is 5.43. The standard InChI is InChI=1S/C11H16N2O/c1-9-7-11(12-8-10(9)2)13-3-5-14-6-4-13/h7-8H,3-6H2,1-2H3. The number of aromatic nitrogens is 1. The maximum atomic E-state index is 5.31. The summed E-state index contributed by atoms with van der Waals surface area (Å²) in [6.07, 6.45) is 1.94. The Kier molecular flexibility index (Phi) is 2.68. The zero-order valence-corrected chi connectivity index (χ0v) is 8.79. The summed E-state index contributed by atoms with van der Waals surface area (Å²) in [5, 5.41) is 0. The quantitative estimate of drug-likeness (QED) is 0.674. The zero-order chi connectivity index (χ0) is 9.97. The van der Waals surface area contributed by atoms with Gasteiger partial charge in [0.2, 0.25) is 0 Å². The van der Waals surface area contributed by atoms with E-state index in [0.29, 0.717) is 0 Å². The minimum Gasteiger partial charge on any atom is -0.378 e. The Labute approximate surface area is 84.7 Å². The van der Waals surface area contributed by atoms with E-state index in [0.717, 1.165) is 32.1 Å². The molecule has 3 heteroatoms. The van der Waals surface area contributed by atoms with Gasteiger partial charge < -0.3 is 9.64 Å². The molecule has 1 fully saturated rings. The fraction of sp³-hybridized carbons (Fsp3) is 0.545. The van der Waals surface area contributed by atoms with Gasteiger partial charge >= 0.3 is 0 Å². The Morgan fingerprint density at radius 3 is 2.57 bits per heavy atom. The summed E-state index contributed by atoms with van der Waals surface area (Å²) in [6, 6.07) is 2.15. The Morgan fingerprint density at radius 2 is 1.93 bits per heavy atom. The summed E-state index contributed by atoms with van der Waals surface area (Å²) < 4.78 is 5.31. The number of hydrogen-bond acceptors (Lipinski definition) is 3. The maximum absolute atomic E-state index is 5.31. The normalized spacial score (nSPS) is 17.1. The molecule has 0 atom stereocenters. The van der Waals surface area contributed by atoms with Gasteiger partial charge in [0.25, 0.3) is 0 Å². The lowest BCUT2D eigenvalue weighted by atomic mass is 10.2. The lowest BCUT2D eigenvalue weighted by Gasteiger charge is -2.28. The Morgan fingerprint density at radius 1 is 1.21 bits per heavy atom. The average Bonchev–Trinajstić information content (AvgIpc) is 2.23. The minimum atomic E-state index is 0.814. The van der Waals surface area contributed by atoms with Crippen LogP contribution in [0.2, 0.25) is 0 Å². The molecular weight excluding hydrogens is 176 g/mol. The number of morpholine rings is 1. The number of nitrogens with zero attached hydrogens (tertiary/aromatic N) is 2. The molecule has 0 aromatic carbocycles. The molecule has 0 bridgehead atoms. The lowest BCUT2D eigenvalue weighted by Crippen LogP contribution is -2.36. The van der Waals surface area contributed by atoms with E-state index in [4.69, 9.17) is 4.74 Å². The van der Waals surface area contributed by atoms with Crippen molar-refractivity contribution in [2.45, 2.75) is 13.8 Å². The van der Waals surface area contributed by atoms with Gasteiger partial charge in [-0.15, -0.1) is 0 Å². The Hall–Kier alpha value is -1.09. The first-order valence-corrected chi connectivity index (χ1v) is 5.03. The molecule has 0 spiro atoms. The molecule has 76 valence electrons. The first-order chi connectivity index (χ1) is 6.77. The summed E-state index contributed by atoms with van der Waals surface area (Å²) in [5.74, 6) is 1.08. The molecule has 3 nitrogen and oxygen atoms in total. The first kappa shape index (κ1) is 9.46. The monoisotopic (exact) mass is 192 g/mol. The van der Waals surface area contributed by atoms with Crippen LogP contribution < -0.4 is 4.90 Å². The van der Waals surface area contributed by atoms with Crippen molar-refractivity contribution in [3.05, 3.63) is 23.4 Å². The van der Waals surface area contributed by atoms with Gasteiger partial charge in [-0.05, 0) is 31.0 Å². The molecule has 2 heterocycles. The molecular formula is C11H16N2O. The summed E-state index contributed by atoms with van der Waals surface area (Å²) in [4.78, 5) is 6.71. The van der Waals surface area contributed by atoms with E-state index in [-0.39, 0.29) is 0 Å². The smallest absolute Gasteiger partial charge is 0.128 e. The Bertz CT molecular complexity index is 319. The molecule has 1 aromatic rings. The van der Waals surface area contributed by atoms with Crippen molar-refractivity contribution in [1.82, 2.24) is 4.98 Å². The van der Waals surface area contributed by atoms with Gasteiger partial charge in [-0.25, -0.2) is 4.98 Å². The molecule has 1 aliphatic rings. The second-order valence-electron chi connectivity index (χ2n) is 3.73. The molecule has 0 amide bonds. The molecule has 1 aromatic heterocycles. The molecule has 0 saturated carbocycles. The highest BCUT2D eigenvalue weighted by Gasteiger charge is 2.12. The topological polar surface area (TPSA) is 25.4 Å². The second kappa shape index (κ2) is 3.96. The summed E-state index contributed by atoms with van der Waals surface area (Å²) in [5.41, 5.74) is 2.56. The molecule has 1 aliphatic heterocycles. The summed E-state index contributed by atoms with van der Waals surface area (Å²) >= 11 is 0. The van der Waals surface area contributed by atoms with E-state index in [9.17, 15) is 0 Å². The van der Waals surface area contributed by atoms with Crippen LogP contribution in [0.4, 0.5) is 5.82 Å². The van der Waals surface area contributed by atoms with Crippen molar-refractivity contribution < 1.29 is 4.74 Å². The van der Waals surface area contributed by atoms with Crippen molar-refractivity contribution >= 4 is 5.82 Å². The van der Waals surface area contributed by atoms with E-state index in [1.54, 1.807) is 0 Å². The van der Waals surface area contributed by atoms with Crippen molar-refractivity contribution in [3.63, 3.8) is 0 Å². The Balaban J connectivity index is 2.18. The zero-order valence-electron chi connectivity index (χ0n) is 8.79. The number of rotatable bonds is 1. The van der Waals surface area contributed by atoms with Crippen LogP contribution in [0.25, 0.3) is 0 Å². The minimum absolute atomic E-state index is 0.814. The number of pyridine rings is 1. The molecule has 1 saturated heterocycles. The third-order valence-corrected chi connectivity index (χ3v) is 2.69. The van der Waals surface area contributed by atoms with Crippen LogP contribution in [0.1, 0.15) is 11.1 Å². The van der Waals surface area contributed by atoms with Crippen LogP contribution in [-0.4, -0.2) is 31.3 Å². The predicted octanol–water partition coefficient (Wildman–Crippen LogP) is 1.54. The van der Waals surface area contributed by atoms with Gasteiger partial charge in [0.15, 0.2) is 0 Å². The largest absolute Gasteiger partial charge is 0.378 e. The average molecular weight is 192 g/mol. The highest BCUT2D eigenvalue weighted by Crippen LogP contribution is 2.16.